The third kappa shape index (κ3) is 3.59. The van der Waals surface area contributed by atoms with E-state index in [1.54, 1.807) is 0 Å². The quantitative estimate of drug-likeness (QED) is 0.710. The molecule has 0 N–H and O–H groups in total. The van der Waals surface area contributed by atoms with Crippen LogP contribution in [0.1, 0.15) is 0 Å². The SMILES string of the molecule is CN(C)c1nc(N(C)C)nc(N(C)C)n1.[Pt]. The molecule has 0 aromatic carbocycles. The minimum Gasteiger partial charge on any atom is -0.347 e. The van der Waals surface area contributed by atoms with Crippen molar-refractivity contribution in [1.82, 2.24) is 15.0 Å². The zero-order valence-corrected chi connectivity index (χ0v) is 12.8. The van der Waals surface area contributed by atoms with Crippen molar-refractivity contribution in [3.05, 3.63) is 0 Å². The van der Waals surface area contributed by atoms with Crippen molar-refractivity contribution in [2.45, 2.75) is 0 Å². The molecule has 0 atom stereocenters. The van der Waals surface area contributed by atoms with Crippen molar-refractivity contribution in [2.24, 2.45) is 0 Å². The molecule has 1 rings (SSSR count). The third-order valence-corrected chi connectivity index (χ3v) is 1.80. The average Bonchev–Trinajstić information content (AvgIpc) is 2.16. The average molecular weight is 405 g/mol. The molecule has 16 heavy (non-hydrogen) atoms. The van der Waals surface area contributed by atoms with Gasteiger partial charge in [-0.2, -0.15) is 15.0 Å². The van der Waals surface area contributed by atoms with E-state index in [-0.39, 0.29) is 21.1 Å². The fraction of sp³-hybridized carbons (Fsp3) is 0.667. The number of aromatic nitrogens is 3. The number of hydrogen-bond donors (Lipinski definition) is 0. The van der Waals surface area contributed by atoms with Crippen LogP contribution in [0.3, 0.4) is 0 Å². The molecule has 0 aliphatic carbocycles. The molecule has 0 aliphatic rings. The molecule has 1 aromatic rings. The molecule has 0 radical (unpaired) electrons. The molecule has 0 unspecified atom stereocenters. The summed E-state index contributed by atoms with van der Waals surface area (Å²) in [5, 5.41) is 0. The molecular weight excluding hydrogens is 387 g/mol. The van der Waals surface area contributed by atoms with E-state index in [0.717, 1.165) is 0 Å². The predicted molar refractivity (Wildman–Crippen MR) is 62.8 cm³/mol. The summed E-state index contributed by atoms with van der Waals surface area (Å²) >= 11 is 0. The number of anilines is 3. The Kier molecular flexibility index (Phi) is 5.65. The van der Waals surface area contributed by atoms with Gasteiger partial charge in [0.1, 0.15) is 0 Å². The van der Waals surface area contributed by atoms with Gasteiger partial charge in [0.05, 0.1) is 0 Å². The second kappa shape index (κ2) is 5.99. The van der Waals surface area contributed by atoms with Gasteiger partial charge in [-0.15, -0.1) is 0 Å². The van der Waals surface area contributed by atoms with E-state index in [9.17, 15) is 0 Å². The molecule has 0 saturated heterocycles. The summed E-state index contributed by atoms with van der Waals surface area (Å²) in [6.45, 7) is 0. The molecule has 0 saturated carbocycles. The van der Waals surface area contributed by atoms with E-state index < -0.39 is 0 Å². The molecule has 1 heterocycles. The first kappa shape index (κ1) is 15.1. The first-order chi connectivity index (χ1) is 6.91. The molecule has 0 bridgehead atoms. The van der Waals surface area contributed by atoms with Gasteiger partial charge >= 0.3 is 0 Å². The Hall–Kier alpha value is -0.902. The summed E-state index contributed by atoms with van der Waals surface area (Å²) in [6, 6.07) is 0. The van der Waals surface area contributed by atoms with Crippen LogP contribution in [-0.4, -0.2) is 57.2 Å². The Morgan fingerprint density at radius 1 is 0.562 bits per heavy atom. The molecule has 94 valence electrons. The topological polar surface area (TPSA) is 48.4 Å². The van der Waals surface area contributed by atoms with Crippen LogP contribution < -0.4 is 14.7 Å². The maximum Gasteiger partial charge on any atom is 0.231 e. The minimum atomic E-state index is 0. The standard InChI is InChI=1S/C9H18N6.Pt/c1-13(2)7-10-8(14(3)4)12-9(11-7)15(5)6;/h1-6H3;. The van der Waals surface area contributed by atoms with Gasteiger partial charge < -0.3 is 14.7 Å². The normalized spacial score (nSPS) is 9.38. The Balaban J connectivity index is 0.00000225. The minimum absolute atomic E-state index is 0. The van der Waals surface area contributed by atoms with Gasteiger partial charge in [-0.05, 0) is 0 Å². The second-order valence-corrected chi connectivity index (χ2v) is 3.92. The van der Waals surface area contributed by atoms with Gasteiger partial charge in [0.2, 0.25) is 17.8 Å². The molecule has 0 amide bonds. The van der Waals surface area contributed by atoms with Crippen LogP contribution in [0.5, 0.6) is 0 Å². The summed E-state index contributed by atoms with van der Waals surface area (Å²) in [5.41, 5.74) is 0. The summed E-state index contributed by atoms with van der Waals surface area (Å²) in [5.74, 6) is 1.99. The van der Waals surface area contributed by atoms with E-state index in [1.165, 1.54) is 0 Å². The largest absolute Gasteiger partial charge is 0.347 e. The summed E-state index contributed by atoms with van der Waals surface area (Å²) in [7, 11) is 11.5. The maximum atomic E-state index is 4.32. The van der Waals surface area contributed by atoms with Crippen molar-refractivity contribution in [3.63, 3.8) is 0 Å². The molecule has 0 aliphatic heterocycles. The Morgan fingerprint density at radius 2 is 0.750 bits per heavy atom. The van der Waals surface area contributed by atoms with Crippen LogP contribution in [0.4, 0.5) is 17.8 Å². The van der Waals surface area contributed by atoms with Crippen molar-refractivity contribution in [1.29, 1.82) is 0 Å². The zero-order valence-electron chi connectivity index (χ0n) is 10.5. The van der Waals surface area contributed by atoms with Crippen LogP contribution in [0, 0.1) is 0 Å². The van der Waals surface area contributed by atoms with Crippen LogP contribution in [0.15, 0.2) is 0 Å². The fourth-order valence-corrected chi connectivity index (χ4v) is 0.943. The van der Waals surface area contributed by atoms with Gasteiger partial charge in [-0.25, -0.2) is 0 Å². The summed E-state index contributed by atoms with van der Waals surface area (Å²) < 4.78 is 0. The van der Waals surface area contributed by atoms with E-state index in [0.29, 0.717) is 17.8 Å². The van der Waals surface area contributed by atoms with Crippen molar-refractivity contribution in [2.75, 3.05) is 57.0 Å². The first-order valence-corrected chi connectivity index (χ1v) is 4.70. The van der Waals surface area contributed by atoms with E-state index in [2.05, 4.69) is 15.0 Å². The van der Waals surface area contributed by atoms with Crippen LogP contribution in [0.25, 0.3) is 0 Å². The van der Waals surface area contributed by atoms with E-state index >= 15 is 0 Å². The predicted octanol–water partition coefficient (Wildman–Crippen LogP) is 0.0671. The van der Waals surface area contributed by atoms with Crippen molar-refractivity contribution in [3.8, 4) is 0 Å². The maximum absolute atomic E-state index is 4.32. The van der Waals surface area contributed by atoms with Gasteiger partial charge in [0.25, 0.3) is 0 Å². The Labute approximate surface area is 111 Å². The number of rotatable bonds is 3. The zero-order chi connectivity index (χ0) is 11.6. The molecular formula is C9H18N6Pt. The van der Waals surface area contributed by atoms with E-state index in [1.807, 2.05) is 57.0 Å². The summed E-state index contributed by atoms with van der Waals surface area (Å²) in [6.07, 6.45) is 0. The smallest absolute Gasteiger partial charge is 0.231 e. The van der Waals surface area contributed by atoms with Gasteiger partial charge in [-0.1, -0.05) is 0 Å². The molecule has 0 fully saturated rings. The van der Waals surface area contributed by atoms with Gasteiger partial charge in [0.15, 0.2) is 0 Å². The monoisotopic (exact) mass is 405 g/mol. The van der Waals surface area contributed by atoms with Crippen molar-refractivity contribution >= 4 is 17.8 Å². The van der Waals surface area contributed by atoms with Crippen LogP contribution >= 0.6 is 0 Å². The Morgan fingerprint density at radius 3 is 0.875 bits per heavy atom. The Bertz CT molecular complexity index is 274. The molecule has 6 nitrogen and oxygen atoms in total. The summed E-state index contributed by atoms with van der Waals surface area (Å²) in [4.78, 5) is 18.5. The van der Waals surface area contributed by atoms with Crippen molar-refractivity contribution < 1.29 is 21.1 Å². The van der Waals surface area contributed by atoms with Crippen LogP contribution in [-0.2, 0) is 21.1 Å². The van der Waals surface area contributed by atoms with Gasteiger partial charge in [0, 0.05) is 63.4 Å². The third-order valence-electron chi connectivity index (χ3n) is 1.80. The van der Waals surface area contributed by atoms with E-state index in [4.69, 9.17) is 0 Å². The van der Waals surface area contributed by atoms with Crippen LogP contribution in [0.2, 0.25) is 0 Å². The first-order valence-electron chi connectivity index (χ1n) is 4.70. The molecule has 7 heteroatoms. The molecule has 1 aromatic heterocycles. The van der Waals surface area contributed by atoms with Gasteiger partial charge in [-0.3, -0.25) is 0 Å². The molecule has 0 spiro atoms. The second-order valence-electron chi connectivity index (χ2n) is 3.92. The number of hydrogen-bond acceptors (Lipinski definition) is 6. The fourth-order valence-electron chi connectivity index (χ4n) is 0.943. The number of nitrogens with zero attached hydrogens (tertiary/aromatic N) is 6.